The van der Waals surface area contributed by atoms with Crippen LogP contribution >= 0.6 is 11.3 Å². The number of nitrogens with zero attached hydrogens (tertiary/aromatic N) is 1. The van der Waals surface area contributed by atoms with Crippen LogP contribution in [-0.4, -0.2) is 36.0 Å². The van der Waals surface area contributed by atoms with Crippen LogP contribution in [0.15, 0.2) is 17.5 Å². The van der Waals surface area contributed by atoms with Gasteiger partial charge in [-0.15, -0.1) is 11.3 Å². The molecule has 1 aliphatic heterocycles. The zero-order chi connectivity index (χ0) is 13.0. The van der Waals surface area contributed by atoms with E-state index in [1.54, 1.807) is 23.2 Å². The summed E-state index contributed by atoms with van der Waals surface area (Å²) in [6.07, 6.45) is 1.97. The summed E-state index contributed by atoms with van der Waals surface area (Å²) >= 11 is 1.57. The van der Waals surface area contributed by atoms with Crippen molar-refractivity contribution in [2.24, 2.45) is 0 Å². The van der Waals surface area contributed by atoms with E-state index in [9.17, 15) is 9.59 Å². The van der Waals surface area contributed by atoms with Crippen LogP contribution in [0, 0.1) is 0 Å². The van der Waals surface area contributed by atoms with Gasteiger partial charge in [0.05, 0.1) is 13.0 Å². The van der Waals surface area contributed by atoms with Gasteiger partial charge in [-0.3, -0.25) is 4.79 Å². The summed E-state index contributed by atoms with van der Waals surface area (Å²) in [5.74, 6) is -0.248. The van der Waals surface area contributed by atoms with Crippen molar-refractivity contribution in [1.82, 2.24) is 4.90 Å². The van der Waals surface area contributed by atoms with Crippen molar-refractivity contribution in [3.8, 4) is 0 Å². The van der Waals surface area contributed by atoms with Crippen LogP contribution in [0.3, 0.4) is 0 Å². The van der Waals surface area contributed by atoms with Gasteiger partial charge in [0.15, 0.2) is 0 Å². The molecule has 1 unspecified atom stereocenters. The molecule has 1 aromatic heterocycles. The van der Waals surface area contributed by atoms with E-state index >= 15 is 0 Å². The lowest BCUT2D eigenvalue weighted by Gasteiger charge is -2.22. The third-order valence-corrected chi connectivity index (χ3v) is 3.91. The van der Waals surface area contributed by atoms with E-state index in [0.717, 1.165) is 17.7 Å². The lowest BCUT2D eigenvalue weighted by atomic mass is 10.2. The first-order chi connectivity index (χ1) is 8.72. The fourth-order valence-corrected chi connectivity index (χ4v) is 2.91. The molecule has 0 radical (unpaired) electrons. The van der Waals surface area contributed by atoms with Crippen molar-refractivity contribution in [3.05, 3.63) is 22.4 Å². The van der Waals surface area contributed by atoms with E-state index < -0.39 is 0 Å². The highest BCUT2D eigenvalue weighted by molar-refractivity contribution is 7.10. The molecule has 0 bridgehead atoms. The summed E-state index contributed by atoms with van der Waals surface area (Å²) in [6, 6.07) is 3.50. The Morgan fingerprint density at radius 3 is 3.06 bits per heavy atom. The Kier molecular flexibility index (Phi) is 4.36. The second-order valence-electron chi connectivity index (χ2n) is 4.25. The van der Waals surface area contributed by atoms with Gasteiger partial charge in [-0.2, -0.15) is 0 Å². The monoisotopic (exact) mass is 267 g/mol. The third kappa shape index (κ3) is 2.90. The van der Waals surface area contributed by atoms with E-state index in [2.05, 4.69) is 0 Å². The van der Waals surface area contributed by atoms with Crippen molar-refractivity contribution >= 4 is 23.2 Å². The fraction of sp³-hybridized carbons (Fsp3) is 0.538. The summed E-state index contributed by atoms with van der Waals surface area (Å²) in [7, 11) is 0. The number of carbonyl (C=O) groups excluding carboxylic acids is 2. The Morgan fingerprint density at radius 2 is 2.39 bits per heavy atom. The van der Waals surface area contributed by atoms with Crippen molar-refractivity contribution in [2.75, 3.05) is 13.2 Å². The lowest BCUT2D eigenvalue weighted by Crippen LogP contribution is -2.42. The number of carbonyl (C=O) groups is 2. The molecule has 2 heterocycles. The van der Waals surface area contributed by atoms with E-state index in [-0.39, 0.29) is 17.9 Å². The van der Waals surface area contributed by atoms with Gasteiger partial charge in [0, 0.05) is 11.4 Å². The Balaban J connectivity index is 1.98. The van der Waals surface area contributed by atoms with Gasteiger partial charge in [-0.1, -0.05) is 6.07 Å². The molecule has 4 nitrogen and oxygen atoms in total. The second kappa shape index (κ2) is 6.00. The standard InChI is InChI=1S/C13H17NO3S/c1-2-17-13(16)11-6-3-7-14(11)12(15)9-10-5-4-8-18-10/h4-5,8,11H,2-3,6-7,9H2,1H3. The zero-order valence-electron chi connectivity index (χ0n) is 10.4. The topological polar surface area (TPSA) is 46.6 Å². The van der Waals surface area contributed by atoms with E-state index in [1.165, 1.54) is 0 Å². The molecule has 0 N–H and O–H groups in total. The van der Waals surface area contributed by atoms with Gasteiger partial charge in [-0.05, 0) is 31.2 Å². The van der Waals surface area contributed by atoms with Crippen LogP contribution in [0.5, 0.6) is 0 Å². The molecular formula is C13H17NO3S. The second-order valence-corrected chi connectivity index (χ2v) is 5.29. The zero-order valence-corrected chi connectivity index (χ0v) is 11.2. The van der Waals surface area contributed by atoms with E-state index in [0.29, 0.717) is 19.6 Å². The number of thiophene rings is 1. The average Bonchev–Trinajstić information content (AvgIpc) is 2.99. The maximum absolute atomic E-state index is 12.2. The normalized spacial score (nSPS) is 18.9. The third-order valence-electron chi connectivity index (χ3n) is 3.04. The average molecular weight is 267 g/mol. The van der Waals surface area contributed by atoms with Crippen molar-refractivity contribution in [3.63, 3.8) is 0 Å². The molecule has 0 aromatic carbocycles. The summed E-state index contributed by atoms with van der Waals surface area (Å²) in [4.78, 5) is 26.6. The van der Waals surface area contributed by atoms with Crippen LogP contribution in [0.2, 0.25) is 0 Å². The van der Waals surface area contributed by atoms with Crippen molar-refractivity contribution in [2.45, 2.75) is 32.2 Å². The smallest absolute Gasteiger partial charge is 0.328 e. The Bertz CT molecular complexity index is 416. The molecule has 1 amide bonds. The van der Waals surface area contributed by atoms with Crippen molar-refractivity contribution in [1.29, 1.82) is 0 Å². The first kappa shape index (κ1) is 13.1. The molecule has 98 valence electrons. The van der Waals surface area contributed by atoms with Gasteiger partial charge in [0.25, 0.3) is 0 Å². The number of amides is 1. The van der Waals surface area contributed by atoms with E-state index in [4.69, 9.17) is 4.74 Å². The molecule has 2 rings (SSSR count). The Hall–Kier alpha value is -1.36. The quantitative estimate of drug-likeness (QED) is 0.782. The Labute approximate surface area is 111 Å². The minimum atomic E-state index is -0.377. The number of hydrogen-bond acceptors (Lipinski definition) is 4. The van der Waals surface area contributed by atoms with Crippen LogP contribution < -0.4 is 0 Å². The Morgan fingerprint density at radius 1 is 1.56 bits per heavy atom. The van der Waals surface area contributed by atoms with Gasteiger partial charge in [0.2, 0.25) is 5.91 Å². The summed E-state index contributed by atoms with van der Waals surface area (Å²) in [5, 5.41) is 1.95. The maximum Gasteiger partial charge on any atom is 0.328 e. The van der Waals surface area contributed by atoms with Gasteiger partial charge >= 0.3 is 5.97 Å². The minimum Gasteiger partial charge on any atom is -0.464 e. The van der Waals surface area contributed by atoms with Crippen molar-refractivity contribution < 1.29 is 14.3 Å². The van der Waals surface area contributed by atoms with E-state index in [1.807, 2.05) is 17.5 Å². The van der Waals surface area contributed by atoms with Crippen LogP contribution in [0.1, 0.15) is 24.6 Å². The molecule has 5 heteroatoms. The number of hydrogen-bond donors (Lipinski definition) is 0. The predicted molar refractivity (Wildman–Crippen MR) is 69.4 cm³/mol. The van der Waals surface area contributed by atoms with Crippen LogP contribution in [0.4, 0.5) is 0 Å². The SMILES string of the molecule is CCOC(=O)C1CCCN1C(=O)Cc1cccs1. The first-order valence-electron chi connectivity index (χ1n) is 6.21. The van der Waals surface area contributed by atoms with Crippen LogP contribution in [-0.2, 0) is 20.7 Å². The molecule has 18 heavy (non-hydrogen) atoms. The summed E-state index contributed by atoms with van der Waals surface area (Å²) in [5.41, 5.74) is 0. The lowest BCUT2D eigenvalue weighted by molar-refractivity contribution is -0.152. The molecule has 1 saturated heterocycles. The van der Waals surface area contributed by atoms with Crippen LogP contribution in [0.25, 0.3) is 0 Å². The summed E-state index contributed by atoms with van der Waals surface area (Å²) < 4.78 is 5.01. The highest BCUT2D eigenvalue weighted by Gasteiger charge is 2.34. The molecular weight excluding hydrogens is 250 g/mol. The van der Waals surface area contributed by atoms with Gasteiger partial charge in [0.1, 0.15) is 6.04 Å². The van der Waals surface area contributed by atoms with Gasteiger partial charge in [-0.25, -0.2) is 4.79 Å². The molecule has 1 aromatic rings. The highest BCUT2D eigenvalue weighted by atomic mass is 32.1. The number of likely N-dealkylation sites (tertiary alicyclic amines) is 1. The molecule has 1 fully saturated rings. The predicted octanol–water partition coefficient (Wildman–Crippen LogP) is 1.84. The fourth-order valence-electron chi connectivity index (χ4n) is 2.21. The molecule has 1 atom stereocenters. The molecule has 1 aliphatic rings. The summed E-state index contributed by atoms with van der Waals surface area (Å²) in [6.45, 7) is 2.81. The molecule has 0 aliphatic carbocycles. The number of esters is 1. The highest BCUT2D eigenvalue weighted by Crippen LogP contribution is 2.21. The van der Waals surface area contributed by atoms with Gasteiger partial charge < -0.3 is 9.64 Å². The largest absolute Gasteiger partial charge is 0.464 e. The first-order valence-corrected chi connectivity index (χ1v) is 7.09. The minimum absolute atomic E-state index is 0.0213. The number of ether oxygens (including phenoxy) is 1. The number of rotatable bonds is 4. The molecule has 0 spiro atoms. The molecule has 0 saturated carbocycles. The maximum atomic E-state index is 12.2.